The number of hydrogen-bond donors (Lipinski definition) is 0. The Morgan fingerprint density at radius 3 is 2.40 bits per heavy atom. The van der Waals surface area contributed by atoms with Crippen LogP contribution in [-0.2, 0) is 6.54 Å². The van der Waals surface area contributed by atoms with E-state index in [4.69, 9.17) is 23.2 Å². The Balaban J connectivity index is 2.18. The molecule has 0 amide bonds. The van der Waals surface area contributed by atoms with Crippen LogP contribution in [0.1, 0.15) is 5.56 Å². The van der Waals surface area contributed by atoms with Crippen molar-refractivity contribution in [2.75, 3.05) is 0 Å². The minimum Gasteiger partial charge on any atom is -0.266 e. The highest BCUT2D eigenvalue weighted by Gasteiger charge is 2.03. The molecule has 2 nitrogen and oxygen atoms in total. The Morgan fingerprint density at radius 1 is 1.20 bits per heavy atom. The smallest absolute Gasteiger partial charge is 0.141 e. The van der Waals surface area contributed by atoms with Crippen molar-refractivity contribution >= 4 is 45.8 Å². The van der Waals surface area contributed by atoms with Crippen LogP contribution in [0, 0.1) is 3.70 Å². The first-order valence-electron chi connectivity index (χ1n) is 4.28. The first-order chi connectivity index (χ1) is 7.15. The van der Waals surface area contributed by atoms with Crippen LogP contribution in [0.25, 0.3) is 0 Å². The van der Waals surface area contributed by atoms with Gasteiger partial charge < -0.3 is 0 Å². The standard InChI is InChI=1S/C10H7Cl2IN2/c11-8-3-1-7(2-4-8)5-15-6-9(12)10(13)14-15/h1-4,6H,5H2. The predicted octanol–water partition coefficient (Wildman–Crippen LogP) is 3.84. The van der Waals surface area contributed by atoms with Gasteiger partial charge in [0.15, 0.2) is 0 Å². The van der Waals surface area contributed by atoms with Gasteiger partial charge >= 0.3 is 0 Å². The van der Waals surface area contributed by atoms with Gasteiger partial charge in [-0.25, -0.2) is 0 Å². The fourth-order valence-electron chi connectivity index (χ4n) is 1.23. The molecule has 0 N–H and O–H groups in total. The zero-order valence-corrected chi connectivity index (χ0v) is 11.3. The van der Waals surface area contributed by atoms with Crippen LogP contribution >= 0.6 is 45.8 Å². The molecule has 0 aliphatic carbocycles. The lowest BCUT2D eigenvalue weighted by Gasteiger charge is -2.01. The van der Waals surface area contributed by atoms with Crippen molar-refractivity contribution in [1.29, 1.82) is 0 Å². The minimum absolute atomic E-state index is 0.685. The largest absolute Gasteiger partial charge is 0.266 e. The summed E-state index contributed by atoms with van der Waals surface area (Å²) < 4.78 is 2.64. The number of nitrogens with zero attached hydrogens (tertiary/aromatic N) is 2. The van der Waals surface area contributed by atoms with Gasteiger partial charge in [0.2, 0.25) is 0 Å². The summed E-state index contributed by atoms with van der Waals surface area (Å²) in [7, 11) is 0. The minimum atomic E-state index is 0.685. The molecule has 2 rings (SSSR count). The van der Waals surface area contributed by atoms with Gasteiger partial charge in [0.25, 0.3) is 0 Å². The third kappa shape index (κ3) is 2.86. The summed E-state index contributed by atoms with van der Waals surface area (Å²) in [5.41, 5.74) is 1.15. The maximum atomic E-state index is 5.91. The van der Waals surface area contributed by atoms with E-state index in [1.807, 2.05) is 35.1 Å². The Hall–Kier alpha value is -0.260. The molecule has 1 heterocycles. The van der Waals surface area contributed by atoms with Gasteiger partial charge in [-0.05, 0) is 40.3 Å². The molecule has 1 aromatic heterocycles. The van der Waals surface area contributed by atoms with Gasteiger partial charge in [-0.2, -0.15) is 5.10 Å². The SMILES string of the molecule is Clc1ccc(Cn2cc(Cl)c(I)n2)cc1. The topological polar surface area (TPSA) is 17.8 Å². The molecule has 0 saturated heterocycles. The van der Waals surface area contributed by atoms with Crippen LogP contribution in [0.15, 0.2) is 30.5 Å². The molecule has 2 aromatic rings. The summed E-state index contributed by atoms with van der Waals surface area (Å²) in [6, 6.07) is 7.69. The van der Waals surface area contributed by atoms with Crippen molar-refractivity contribution in [3.05, 3.63) is 49.8 Å². The Labute approximate surface area is 111 Å². The Bertz CT molecular complexity index is 445. The first-order valence-corrected chi connectivity index (χ1v) is 6.11. The van der Waals surface area contributed by atoms with Crippen LogP contribution < -0.4 is 0 Å². The van der Waals surface area contributed by atoms with E-state index in [2.05, 4.69) is 27.7 Å². The summed E-state index contributed by atoms with van der Waals surface area (Å²) in [6.45, 7) is 0.708. The van der Waals surface area contributed by atoms with E-state index in [-0.39, 0.29) is 0 Å². The van der Waals surface area contributed by atoms with E-state index in [1.165, 1.54) is 0 Å². The normalized spacial score (nSPS) is 10.6. The van der Waals surface area contributed by atoms with Crippen molar-refractivity contribution in [2.24, 2.45) is 0 Å². The second kappa shape index (κ2) is 4.72. The van der Waals surface area contributed by atoms with Gasteiger partial charge in [-0.1, -0.05) is 35.3 Å². The summed E-state index contributed by atoms with van der Waals surface area (Å²) >= 11 is 13.8. The van der Waals surface area contributed by atoms with Crippen LogP contribution in [0.5, 0.6) is 0 Å². The van der Waals surface area contributed by atoms with Gasteiger partial charge in [0.05, 0.1) is 11.6 Å². The average Bonchev–Trinajstić information content (AvgIpc) is 2.50. The maximum Gasteiger partial charge on any atom is 0.141 e. The molecule has 0 unspecified atom stereocenters. The van der Waals surface area contributed by atoms with E-state index >= 15 is 0 Å². The molecule has 0 saturated carbocycles. The molecule has 0 fully saturated rings. The molecule has 5 heteroatoms. The van der Waals surface area contributed by atoms with E-state index < -0.39 is 0 Å². The molecule has 78 valence electrons. The molecule has 0 bridgehead atoms. The van der Waals surface area contributed by atoms with Crippen LogP contribution in [-0.4, -0.2) is 9.78 Å². The molecule has 0 radical (unpaired) electrons. The fourth-order valence-corrected chi connectivity index (χ4v) is 1.92. The Kier molecular flexibility index (Phi) is 3.53. The van der Waals surface area contributed by atoms with E-state index in [0.29, 0.717) is 11.6 Å². The molecule has 0 aliphatic heterocycles. The van der Waals surface area contributed by atoms with Crippen molar-refractivity contribution < 1.29 is 0 Å². The highest BCUT2D eigenvalue weighted by molar-refractivity contribution is 14.1. The molecule has 0 atom stereocenters. The lowest BCUT2D eigenvalue weighted by Crippen LogP contribution is -1.99. The summed E-state index contributed by atoms with van der Waals surface area (Å²) in [5, 5.41) is 5.69. The van der Waals surface area contributed by atoms with Crippen molar-refractivity contribution in [2.45, 2.75) is 6.54 Å². The van der Waals surface area contributed by atoms with Crippen LogP contribution in [0.2, 0.25) is 10.0 Å². The fraction of sp³-hybridized carbons (Fsp3) is 0.100. The van der Waals surface area contributed by atoms with Crippen LogP contribution in [0.4, 0.5) is 0 Å². The lowest BCUT2D eigenvalue weighted by atomic mass is 10.2. The van der Waals surface area contributed by atoms with Gasteiger partial charge in [0.1, 0.15) is 3.70 Å². The van der Waals surface area contributed by atoms with E-state index in [1.54, 1.807) is 0 Å². The number of benzene rings is 1. The van der Waals surface area contributed by atoms with Gasteiger partial charge in [0, 0.05) is 11.2 Å². The molecule has 0 spiro atoms. The van der Waals surface area contributed by atoms with Gasteiger partial charge in [-0.15, -0.1) is 0 Å². The highest BCUT2D eigenvalue weighted by atomic mass is 127. The lowest BCUT2D eigenvalue weighted by molar-refractivity contribution is 0.681. The summed E-state index contributed by atoms with van der Waals surface area (Å²) in [4.78, 5) is 0. The predicted molar refractivity (Wildman–Crippen MR) is 70.5 cm³/mol. The molecular formula is C10H7Cl2IN2. The van der Waals surface area contributed by atoms with Gasteiger partial charge in [-0.3, -0.25) is 4.68 Å². The molecule has 15 heavy (non-hydrogen) atoms. The molecule has 1 aromatic carbocycles. The van der Waals surface area contributed by atoms with Crippen molar-refractivity contribution in [3.63, 3.8) is 0 Å². The maximum absolute atomic E-state index is 5.91. The molecule has 0 aliphatic rings. The zero-order valence-electron chi connectivity index (χ0n) is 7.62. The third-order valence-corrected chi connectivity index (χ3v) is 3.58. The second-order valence-corrected chi connectivity index (χ2v) is 4.96. The second-order valence-electron chi connectivity index (χ2n) is 3.09. The first kappa shape index (κ1) is 11.2. The number of hydrogen-bond acceptors (Lipinski definition) is 1. The van der Waals surface area contributed by atoms with E-state index in [0.717, 1.165) is 14.3 Å². The van der Waals surface area contributed by atoms with Crippen molar-refractivity contribution in [3.8, 4) is 0 Å². The zero-order chi connectivity index (χ0) is 10.8. The number of halogens is 3. The Morgan fingerprint density at radius 2 is 1.87 bits per heavy atom. The van der Waals surface area contributed by atoms with E-state index in [9.17, 15) is 0 Å². The number of rotatable bonds is 2. The summed E-state index contributed by atoms with van der Waals surface area (Å²) in [6.07, 6.45) is 1.82. The summed E-state index contributed by atoms with van der Waals surface area (Å²) in [5.74, 6) is 0. The monoisotopic (exact) mass is 352 g/mol. The molecular weight excluding hydrogens is 346 g/mol. The average molecular weight is 353 g/mol. The van der Waals surface area contributed by atoms with Crippen LogP contribution in [0.3, 0.4) is 0 Å². The quantitative estimate of drug-likeness (QED) is 0.751. The highest BCUT2D eigenvalue weighted by Crippen LogP contribution is 2.17. The van der Waals surface area contributed by atoms with Crippen molar-refractivity contribution in [1.82, 2.24) is 9.78 Å². The third-order valence-electron chi connectivity index (χ3n) is 1.93. The number of aromatic nitrogens is 2.